The van der Waals surface area contributed by atoms with Crippen molar-refractivity contribution in [1.82, 2.24) is 0 Å². The third-order valence-electron chi connectivity index (χ3n) is 3.14. The topological polar surface area (TPSA) is 54.4 Å². The van der Waals surface area contributed by atoms with Crippen molar-refractivity contribution < 1.29 is 14.7 Å². The van der Waals surface area contributed by atoms with Crippen LogP contribution in [0.2, 0.25) is 5.02 Å². The highest BCUT2D eigenvalue weighted by Gasteiger charge is 2.14. The van der Waals surface area contributed by atoms with E-state index < -0.39 is 5.97 Å². The van der Waals surface area contributed by atoms with Crippen molar-refractivity contribution in [3.63, 3.8) is 0 Å². The lowest BCUT2D eigenvalue weighted by molar-refractivity contribution is -0.137. The second kappa shape index (κ2) is 7.38. The molecule has 3 nitrogen and oxygen atoms in total. The second-order valence-electron chi connectivity index (χ2n) is 4.69. The fourth-order valence-electron chi connectivity index (χ4n) is 2.06. The summed E-state index contributed by atoms with van der Waals surface area (Å²) in [5.41, 5.74) is 1.32. The molecule has 1 heterocycles. The Hall–Kier alpha value is -1.65. The SMILES string of the molecule is O=C(O)CCCCc1sccc1C(=O)c1ccc(Cl)cc1. The van der Waals surface area contributed by atoms with Crippen LogP contribution < -0.4 is 0 Å². The van der Waals surface area contributed by atoms with Crippen molar-refractivity contribution in [3.8, 4) is 0 Å². The van der Waals surface area contributed by atoms with E-state index in [1.165, 1.54) is 0 Å². The van der Waals surface area contributed by atoms with Crippen LogP contribution in [0.15, 0.2) is 35.7 Å². The number of carbonyl (C=O) groups excluding carboxylic acids is 1. The maximum absolute atomic E-state index is 12.4. The van der Waals surface area contributed by atoms with Gasteiger partial charge in [0.15, 0.2) is 5.78 Å². The molecule has 0 fully saturated rings. The van der Waals surface area contributed by atoms with Gasteiger partial charge in [-0.05, 0) is 55.0 Å². The summed E-state index contributed by atoms with van der Waals surface area (Å²) in [6.07, 6.45) is 2.31. The van der Waals surface area contributed by atoms with Crippen LogP contribution in [0.4, 0.5) is 0 Å². The summed E-state index contributed by atoms with van der Waals surface area (Å²) in [5.74, 6) is -0.792. The molecule has 5 heteroatoms. The van der Waals surface area contributed by atoms with Gasteiger partial charge in [-0.3, -0.25) is 9.59 Å². The van der Waals surface area contributed by atoms with Crippen molar-refractivity contribution in [2.24, 2.45) is 0 Å². The van der Waals surface area contributed by atoms with Gasteiger partial charge in [0.1, 0.15) is 0 Å². The lowest BCUT2D eigenvalue weighted by Crippen LogP contribution is -2.03. The number of carboxylic acid groups (broad SMARTS) is 1. The number of carboxylic acids is 1. The van der Waals surface area contributed by atoms with Crippen molar-refractivity contribution in [1.29, 1.82) is 0 Å². The van der Waals surface area contributed by atoms with Gasteiger partial charge in [-0.1, -0.05) is 11.6 Å². The highest BCUT2D eigenvalue weighted by atomic mass is 35.5. The molecule has 0 saturated carbocycles. The smallest absolute Gasteiger partial charge is 0.303 e. The number of aryl methyl sites for hydroxylation is 1. The lowest BCUT2D eigenvalue weighted by Gasteiger charge is -2.04. The van der Waals surface area contributed by atoms with Gasteiger partial charge >= 0.3 is 5.97 Å². The molecule has 0 aliphatic carbocycles. The first-order valence-corrected chi connectivity index (χ1v) is 7.92. The largest absolute Gasteiger partial charge is 0.481 e. The first kappa shape index (κ1) is 15.7. The van der Waals surface area contributed by atoms with Crippen molar-refractivity contribution in [2.75, 3.05) is 0 Å². The van der Waals surface area contributed by atoms with E-state index >= 15 is 0 Å². The molecule has 1 N–H and O–H groups in total. The van der Waals surface area contributed by atoms with Gasteiger partial charge in [-0.15, -0.1) is 11.3 Å². The molecule has 1 aromatic heterocycles. The number of benzene rings is 1. The molecule has 0 radical (unpaired) electrons. The minimum absolute atomic E-state index is 0.0128. The molecule has 0 aliphatic rings. The van der Waals surface area contributed by atoms with E-state index in [9.17, 15) is 9.59 Å². The molecule has 0 amide bonds. The predicted molar refractivity (Wildman–Crippen MR) is 84.4 cm³/mol. The van der Waals surface area contributed by atoms with Gasteiger partial charge in [0.2, 0.25) is 0 Å². The number of ketones is 1. The maximum Gasteiger partial charge on any atom is 0.303 e. The Morgan fingerprint density at radius 1 is 1.10 bits per heavy atom. The van der Waals surface area contributed by atoms with E-state index in [1.807, 2.05) is 11.4 Å². The van der Waals surface area contributed by atoms with E-state index in [0.717, 1.165) is 17.7 Å². The van der Waals surface area contributed by atoms with Crippen LogP contribution in [0.1, 0.15) is 40.1 Å². The van der Waals surface area contributed by atoms with Crippen LogP contribution in [0.5, 0.6) is 0 Å². The summed E-state index contributed by atoms with van der Waals surface area (Å²) >= 11 is 7.37. The van der Waals surface area contributed by atoms with E-state index in [4.69, 9.17) is 16.7 Å². The van der Waals surface area contributed by atoms with Gasteiger partial charge < -0.3 is 5.11 Å². The summed E-state index contributed by atoms with van der Waals surface area (Å²) in [7, 11) is 0. The van der Waals surface area contributed by atoms with E-state index in [-0.39, 0.29) is 12.2 Å². The fraction of sp³-hybridized carbons (Fsp3) is 0.250. The molecule has 1 aromatic carbocycles. The molecule has 0 bridgehead atoms. The van der Waals surface area contributed by atoms with Crippen LogP contribution in [0.3, 0.4) is 0 Å². The third-order valence-corrected chi connectivity index (χ3v) is 4.37. The Labute approximate surface area is 132 Å². The maximum atomic E-state index is 12.4. The number of aliphatic carboxylic acids is 1. The number of halogens is 1. The molecule has 2 aromatic rings. The van der Waals surface area contributed by atoms with Gasteiger partial charge in [0.25, 0.3) is 0 Å². The Morgan fingerprint density at radius 3 is 2.48 bits per heavy atom. The Balaban J connectivity index is 2.03. The normalized spacial score (nSPS) is 10.5. The van der Waals surface area contributed by atoms with Gasteiger partial charge in [-0.2, -0.15) is 0 Å². The van der Waals surface area contributed by atoms with Crippen molar-refractivity contribution in [3.05, 3.63) is 56.7 Å². The molecule has 0 atom stereocenters. The predicted octanol–water partition coefficient (Wildman–Crippen LogP) is 4.43. The van der Waals surface area contributed by atoms with Gasteiger partial charge in [-0.25, -0.2) is 0 Å². The summed E-state index contributed by atoms with van der Waals surface area (Å²) < 4.78 is 0. The molecular weight excluding hydrogens is 308 g/mol. The van der Waals surface area contributed by atoms with Crippen LogP contribution in [-0.4, -0.2) is 16.9 Å². The lowest BCUT2D eigenvalue weighted by atomic mass is 10.0. The Bertz CT molecular complexity index is 631. The number of hydrogen-bond donors (Lipinski definition) is 1. The van der Waals surface area contributed by atoms with Gasteiger partial charge in [0, 0.05) is 27.4 Å². The number of thiophene rings is 1. The first-order chi connectivity index (χ1) is 10.1. The third kappa shape index (κ3) is 4.41. The Kier molecular flexibility index (Phi) is 5.53. The molecule has 0 aliphatic heterocycles. The van der Waals surface area contributed by atoms with Crippen molar-refractivity contribution >= 4 is 34.7 Å². The average molecular weight is 323 g/mol. The summed E-state index contributed by atoms with van der Waals surface area (Å²) in [6, 6.07) is 8.67. The summed E-state index contributed by atoms with van der Waals surface area (Å²) in [4.78, 5) is 24.0. The standard InChI is InChI=1S/C16H15ClO3S/c17-12-7-5-11(6-8-12)16(20)13-9-10-21-14(13)3-1-2-4-15(18)19/h5-10H,1-4H2,(H,18,19). The van der Waals surface area contributed by atoms with E-state index in [1.54, 1.807) is 35.6 Å². The molecular formula is C16H15ClO3S. The van der Waals surface area contributed by atoms with Crippen LogP contribution in [0.25, 0.3) is 0 Å². The average Bonchev–Trinajstić information content (AvgIpc) is 2.92. The monoisotopic (exact) mass is 322 g/mol. The quantitative estimate of drug-likeness (QED) is 0.606. The highest BCUT2D eigenvalue weighted by Crippen LogP contribution is 2.23. The fourth-order valence-corrected chi connectivity index (χ4v) is 3.10. The molecule has 0 unspecified atom stereocenters. The molecule has 2 rings (SSSR count). The minimum atomic E-state index is -0.779. The number of unbranched alkanes of at least 4 members (excludes halogenated alkanes) is 1. The molecule has 0 saturated heterocycles. The van der Waals surface area contributed by atoms with E-state index in [2.05, 4.69) is 0 Å². The zero-order chi connectivity index (χ0) is 15.2. The molecule has 21 heavy (non-hydrogen) atoms. The zero-order valence-corrected chi connectivity index (χ0v) is 12.9. The van der Waals surface area contributed by atoms with E-state index in [0.29, 0.717) is 22.6 Å². The first-order valence-electron chi connectivity index (χ1n) is 6.66. The van der Waals surface area contributed by atoms with Crippen LogP contribution in [-0.2, 0) is 11.2 Å². The number of carbonyl (C=O) groups is 2. The molecule has 110 valence electrons. The summed E-state index contributed by atoms with van der Waals surface area (Å²) in [5, 5.41) is 11.1. The van der Waals surface area contributed by atoms with Gasteiger partial charge in [0.05, 0.1) is 0 Å². The zero-order valence-electron chi connectivity index (χ0n) is 11.3. The van der Waals surface area contributed by atoms with Crippen LogP contribution >= 0.6 is 22.9 Å². The Morgan fingerprint density at radius 2 is 1.81 bits per heavy atom. The molecule has 0 spiro atoms. The number of rotatable bonds is 7. The second-order valence-corrected chi connectivity index (χ2v) is 6.13. The highest BCUT2D eigenvalue weighted by molar-refractivity contribution is 7.10. The number of hydrogen-bond acceptors (Lipinski definition) is 3. The van der Waals surface area contributed by atoms with Crippen LogP contribution in [0, 0.1) is 0 Å². The minimum Gasteiger partial charge on any atom is -0.481 e. The summed E-state index contributed by atoms with van der Waals surface area (Å²) in [6.45, 7) is 0. The van der Waals surface area contributed by atoms with Crippen molar-refractivity contribution in [2.45, 2.75) is 25.7 Å².